The normalized spacial score (nSPS) is 9.95. The van der Waals surface area contributed by atoms with Crippen LogP contribution in [0, 0.1) is 12.1 Å². The van der Waals surface area contributed by atoms with E-state index in [1.54, 1.807) is 12.1 Å². The second kappa shape index (κ2) is 6.51. The lowest BCUT2D eigenvalue weighted by Gasteiger charge is -2.06. The first-order valence-corrected chi connectivity index (χ1v) is 6.27. The van der Waals surface area contributed by atoms with E-state index in [1.807, 2.05) is 19.1 Å². The maximum Gasteiger partial charge on any atom is 0.344 e. The van der Waals surface area contributed by atoms with Gasteiger partial charge in [0, 0.05) is 11.8 Å². The Labute approximate surface area is 121 Å². The number of pyridine rings is 1. The summed E-state index contributed by atoms with van der Waals surface area (Å²) in [6.07, 6.45) is 2.33. The van der Waals surface area contributed by atoms with E-state index >= 15 is 0 Å². The third-order valence-corrected chi connectivity index (χ3v) is 2.68. The van der Waals surface area contributed by atoms with E-state index in [9.17, 15) is 14.8 Å². The van der Waals surface area contributed by atoms with Crippen LogP contribution in [0.5, 0.6) is 0 Å². The zero-order valence-electron chi connectivity index (χ0n) is 11.4. The molecule has 0 saturated carbocycles. The molecule has 108 valence electrons. The van der Waals surface area contributed by atoms with Crippen LogP contribution < -0.4 is 10.0 Å². The number of ether oxygens (including phenoxy) is 1. The van der Waals surface area contributed by atoms with E-state index in [2.05, 4.69) is 5.32 Å². The molecule has 21 heavy (non-hydrogen) atoms. The summed E-state index contributed by atoms with van der Waals surface area (Å²) in [7, 11) is 0. The SMILES string of the molecule is Cc1ccc(NC(=O)COC(=O)c2ccc[n+]([O-])c2)cc1. The average molecular weight is 286 g/mol. The molecule has 1 aromatic heterocycles. The number of hydrogen-bond donors (Lipinski definition) is 1. The highest BCUT2D eigenvalue weighted by atomic mass is 16.5. The Morgan fingerprint density at radius 1 is 1.24 bits per heavy atom. The van der Waals surface area contributed by atoms with Gasteiger partial charge in [0.2, 0.25) is 0 Å². The molecule has 0 spiro atoms. The highest BCUT2D eigenvalue weighted by Crippen LogP contribution is 2.08. The predicted octanol–water partition coefficient (Wildman–Crippen LogP) is 1.42. The van der Waals surface area contributed by atoms with Crippen molar-refractivity contribution in [2.24, 2.45) is 0 Å². The summed E-state index contributed by atoms with van der Waals surface area (Å²) >= 11 is 0. The number of benzene rings is 1. The van der Waals surface area contributed by atoms with Crippen LogP contribution >= 0.6 is 0 Å². The lowest BCUT2D eigenvalue weighted by molar-refractivity contribution is -0.605. The molecule has 0 radical (unpaired) electrons. The molecule has 0 saturated heterocycles. The molecule has 0 fully saturated rings. The lowest BCUT2D eigenvalue weighted by atomic mass is 10.2. The minimum Gasteiger partial charge on any atom is -0.619 e. The topological polar surface area (TPSA) is 82.3 Å². The van der Waals surface area contributed by atoms with Crippen molar-refractivity contribution in [1.82, 2.24) is 0 Å². The molecule has 0 unspecified atom stereocenters. The molecule has 0 bridgehead atoms. The zero-order valence-corrected chi connectivity index (χ0v) is 11.4. The molecule has 1 amide bonds. The maximum atomic E-state index is 11.6. The van der Waals surface area contributed by atoms with Gasteiger partial charge in [-0.1, -0.05) is 17.7 Å². The second-order valence-corrected chi connectivity index (χ2v) is 4.44. The van der Waals surface area contributed by atoms with Gasteiger partial charge >= 0.3 is 5.97 Å². The molecule has 1 aromatic carbocycles. The Morgan fingerprint density at radius 2 is 1.95 bits per heavy atom. The average Bonchev–Trinajstić information content (AvgIpc) is 2.47. The first kappa shape index (κ1) is 14.5. The second-order valence-electron chi connectivity index (χ2n) is 4.44. The smallest absolute Gasteiger partial charge is 0.344 e. The Morgan fingerprint density at radius 3 is 2.62 bits per heavy atom. The molecule has 1 heterocycles. The molecule has 0 atom stereocenters. The number of nitrogens with one attached hydrogen (secondary N) is 1. The summed E-state index contributed by atoms with van der Waals surface area (Å²) in [5, 5.41) is 13.6. The molecule has 2 aromatic rings. The van der Waals surface area contributed by atoms with Crippen LogP contribution in [0.4, 0.5) is 5.69 Å². The van der Waals surface area contributed by atoms with Gasteiger partial charge in [-0.15, -0.1) is 0 Å². The summed E-state index contributed by atoms with van der Waals surface area (Å²) in [5.41, 5.74) is 1.80. The van der Waals surface area contributed by atoms with Crippen molar-refractivity contribution in [2.45, 2.75) is 6.92 Å². The number of aryl methyl sites for hydroxylation is 1. The van der Waals surface area contributed by atoms with Gasteiger partial charge in [-0.25, -0.2) is 4.79 Å². The summed E-state index contributed by atoms with van der Waals surface area (Å²) < 4.78 is 5.33. The maximum absolute atomic E-state index is 11.6. The van der Waals surface area contributed by atoms with Crippen molar-refractivity contribution in [3.8, 4) is 0 Å². The van der Waals surface area contributed by atoms with Crippen LogP contribution in [0.2, 0.25) is 0 Å². The van der Waals surface area contributed by atoms with Gasteiger partial charge in [0.05, 0.1) is 0 Å². The van der Waals surface area contributed by atoms with Crippen molar-refractivity contribution in [2.75, 3.05) is 11.9 Å². The first-order chi connectivity index (χ1) is 10.0. The number of hydrogen-bond acceptors (Lipinski definition) is 4. The van der Waals surface area contributed by atoms with Gasteiger partial charge in [-0.2, -0.15) is 4.73 Å². The molecule has 6 nitrogen and oxygen atoms in total. The van der Waals surface area contributed by atoms with E-state index in [4.69, 9.17) is 4.74 Å². The Bertz CT molecular complexity index is 653. The number of aromatic nitrogens is 1. The van der Waals surface area contributed by atoms with Crippen LogP contribution in [0.15, 0.2) is 48.8 Å². The van der Waals surface area contributed by atoms with Gasteiger partial charge in [0.15, 0.2) is 19.0 Å². The summed E-state index contributed by atoms with van der Waals surface area (Å²) in [6, 6.07) is 10.1. The highest BCUT2D eigenvalue weighted by Gasteiger charge is 2.12. The fraction of sp³-hybridized carbons (Fsp3) is 0.133. The molecule has 6 heteroatoms. The molecular weight excluding hydrogens is 272 g/mol. The third-order valence-electron chi connectivity index (χ3n) is 2.68. The molecule has 0 aliphatic rings. The number of nitrogens with zero attached hydrogens (tertiary/aromatic N) is 1. The minimum absolute atomic E-state index is 0.0932. The molecule has 0 aliphatic heterocycles. The number of amides is 1. The van der Waals surface area contributed by atoms with Crippen molar-refractivity contribution < 1.29 is 19.1 Å². The fourth-order valence-corrected chi connectivity index (χ4v) is 1.62. The summed E-state index contributed by atoms with van der Waals surface area (Å²) in [4.78, 5) is 23.3. The van der Waals surface area contributed by atoms with Crippen LogP contribution in [-0.4, -0.2) is 18.5 Å². The fourth-order valence-electron chi connectivity index (χ4n) is 1.62. The largest absolute Gasteiger partial charge is 0.619 e. The molecule has 1 N–H and O–H groups in total. The van der Waals surface area contributed by atoms with E-state index in [-0.39, 0.29) is 5.56 Å². The monoisotopic (exact) mass is 286 g/mol. The lowest BCUT2D eigenvalue weighted by Crippen LogP contribution is -2.27. The molecule has 0 aliphatic carbocycles. The van der Waals surface area contributed by atoms with Crippen molar-refractivity contribution in [1.29, 1.82) is 0 Å². The zero-order chi connectivity index (χ0) is 15.2. The Kier molecular flexibility index (Phi) is 4.50. The van der Waals surface area contributed by atoms with E-state index in [1.165, 1.54) is 18.3 Å². The first-order valence-electron chi connectivity index (χ1n) is 6.27. The molecule has 2 rings (SSSR count). The number of esters is 1. The Balaban J connectivity index is 1.86. The minimum atomic E-state index is -0.723. The van der Waals surface area contributed by atoms with Crippen LogP contribution in [0.25, 0.3) is 0 Å². The van der Waals surface area contributed by atoms with E-state index < -0.39 is 18.5 Å². The van der Waals surface area contributed by atoms with Crippen molar-refractivity contribution in [3.63, 3.8) is 0 Å². The summed E-state index contributed by atoms with van der Waals surface area (Å²) in [6.45, 7) is 1.52. The van der Waals surface area contributed by atoms with Crippen molar-refractivity contribution in [3.05, 3.63) is 65.1 Å². The van der Waals surface area contributed by atoms with Gasteiger partial charge in [-0.3, -0.25) is 4.79 Å². The van der Waals surface area contributed by atoms with E-state index in [0.717, 1.165) is 11.8 Å². The third kappa shape index (κ3) is 4.31. The standard InChI is InChI=1S/C15H14N2O4/c1-11-4-6-13(7-5-11)16-14(18)10-21-15(19)12-3-2-8-17(20)9-12/h2-9H,10H2,1H3,(H,16,18). The van der Waals surface area contributed by atoms with Crippen LogP contribution in [-0.2, 0) is 9.53 Å². The van der Waals surface area contributed by atoms with Gasteiger partial charge < -0.3 is 15.3 Å². The Hall–Kier alpha value is -2.89. The van der Waals surface area contributed by atoms with Crippen LogP contribution in [0.3, 0.4) is 0 Å². The quantitative estimate of drug-likeness (QED) is 0.523. The number of carbonyl (C=O) groups is 2. The van der Waals surface area contributed by atoms with Gasteiger partial charge in [-0.05, 0) is 25.1 Å². The predicted molar refractivity (Wildman–Crippen MR) is 75.5 cm³/mol. The summed E-state index contributed by atoms with van der Waals surface area (Å²) in [5.74, 6) is -1.17. The molecular formula is C15H14N2O4. The van der Waals surface area contributed by atoms with E-state index in [0.29, 0.717) is 10.4 Å². The number of anilines is 1. The highest BCUT2D eigenvalue weighted by molar-refractivity contribution is 5.95. The van der Waals surface area contributed by atoms with Crippen molar-refractivity contribution >= 4 is 17.6 Å². The number of rotatable bonds is 4. The number of carbonyl (C=O) groups excluding carboxylic acids is 2. The van der Waals surface area contributed by atoms with Gasteiger partial charge in [0.1, 0.15) is 5.56 Å². The van der Waals surface area contributed by atoms with Crippen LogP contribution in [0.1, 0.15) is 15.9 Å². The van der Waals surface area contributed by atoms with Gasteiger partial charge in [0.25, 0.3) is 5.91 Å².